The molecular formula is C25H32N2OS. The van der Waals surface area contributed by atoms with E-state index in [-0.39, 0.29) is 6.61 Å². The third-order valence-electron chi connectivity index (χ3n) is 5.59. The third-order valence-corrected chi connectivity index (χ3v) is 6.43. The molecule has 3 aromatic rings. The number of aromatic nitrogens is 1. The summed E-state index contributed by atoms with van der Waals surface area (Å²) in [6.45, 7) is 9.87. The molecule has 2 aromatic carbocycles. The van der Waals surface area contributed by atoms with E-state index in [1.165, 1.54) is 24.1 Å². The van der Waals surface area contributed by atoms with Gasteiger partial charge in [0.25, 0.3) is 0 Å². The predicted molar refractivity (Wildman–Crippen MR) is 125 cm³/mol. The second-order valence-electron chi connectivity index (χ2n) is 7.81. The summed E-state index contributed by atoms with van der Waals surface area (Å²) in [4.78, 5) is 7.28. The number of anilines is 1. The number of hydrogen-bond donors (Lipinski definition) is 1. The molecule has 0 fully saturated rings. The summed E-state index contributed by atoms with van der Waals surface area (Å²) >= 11 is 1.71. The van der Waals surface area contributed by atoms with Crippen molar-refractivity contribution in [3.05, 3.63) is 70.0 Å². The van der Waals surface area contributed by atoms with E-state index in [0.717, 1.165) is 28.4 Å². The maximum atomic E-state index is 9.22. The first kappa shape index (κ1) is 21.5. The number of rotatable bonds is 9. The third kappa shape index (κ3) is 5.26. The van der Waals surface area contributed by atoms with Crippen molar-refractivity contribution < 1.29 is 5.11 Å². The van der Waals surface area contributed by atoms with Crippen LogP contribution in [0.3, 0.4) is 0 Å². The topological polar surface area (TPSA) is 36.4 Å². The van der Waals surface area contributed by atoms with Gasteiger partial charge in [0.05, 0.1) is 18.8 Å². The van der Waals surface area contributed by atoms with Crippen molar-refractivity contribution in [3.8, 4) is 11.3 Å². The molecule has 29 heavy (non-hydrogen) atoms. The molecule has 1 heterocycles. The molecule has 0 atom stereocenters. The summed E-state index contributed by atoms with van der Waals surface area (Å²) in [5.74, 6) is 0.648. The molecule has 1 N–H and O–H groups in total. The molecule has 0 aliphatic carbocycles. The van der Waals surface area contributed by atoms with Crippen LogP contribution in [0.5, 0.6) is 0 Å². The smallest absolute Gasteiger partial charge is 0.113 e. The quantitative estimate of drug-likeness (QED) is 0.432. The van der Waals surface area contributed by atoms with E-state index in [1.807, 2.05) is 24.3 Å². The van der Waals surface area contributed by atoms with Gasteiger partial charge >= 0.3 is 0 Å². The first-order chi connectivity index (χ1) is 14.0. The molecule has 3 rings (SSSR count). The molecule has 4 heteroatoms. The highest BCUT2D eigenvalue weighted by atomic mass is 32.1. The van der Waals surface area contributed by atoms with Gasteiger partial charge in [-0.25, -0.2) is 4.98 Å². The second-order valence-corrected chi connectivity index (χ2v) is 8.75. The first-order valence-corrected chi connectivity index (χ1v) is 11.4. The number of aliphatic hydroxyl groups is 1. The van der Waals surface area contributed by atoms with E-state index in [4.69, 9.17) is 4.98 Å². The fraction of sp³-hybridized carbons (Fsp3) is 0.400. The van der Waals surface area contributed by atoms with Crippen molar-refractivity contribution in [3.63, 3.8) is 0 Å². The highest BCUT2D eigenvalue weighted by Crippen LogP contribution is 2.29. The van der Waals surface area contributed by atoms with Gasteiger partial charge in [-0.1, -0.05) is 50.2 Å². The van der Waals surface area contributed by atoms with Crippen molar-refractivity contribution in [2.75, 3.05) is 4.90 Å². The summed E-state index contributed by atoms with van der Waals surface area (Å²) in [7, 11) is 0. The highest BCUT2D eigenvalue weighted by molar-refractivity contribution is 7.10. The Balaban J connectivity index is 1.76. The van der Waals surface area contributed by atoms with Crippen LogP contribution in [-0.4, -0.2) is 16.1 Å². The molecular weight excluding hydrogens is 376 g/mol. The van der Waals surface area contributed by atoms with Gasteiger partial charge in [0.1, 0.15) is 5.01 Å². The van der Waals surface area contributed by atoms with Crippen LogP contribution in [0.2, 0.25) is 0 Å². The summed E-state index contributed by atoms with van der Waals surface area (Å²) < 4.78 is 0. The number of hydrogen-bond acceptors (Lipinski definition) is 4. The fourth-order valence-electron chi connectivity index (χ4n) is 3.71. The van der Waals surface area contributed by atoms with Crippen LogP contribution in [-0.2, 0) is 13.2 Å². The standard InChI is InChI=1S/C25H32N2OS/c1-5-20(6-2)21-11-13-23(14-12-21)27(18(3)4)15-25-26-24(17-29-25)22-9-7-19(16-28)8-10-22/h7-14,17-18,20,28H,5-6,15-16H2,1-4H3. The lowest BCUT2D eigenvalue weighted by atomic mass is 9.94. The molecule has 0 aliphatic rings. The van der Waals surface area contributed by atoms with Gasteiger partial charge in [-0.2, -0.15) is 0 Å². The highest BCUT2D eigenvalue weighted by Gasteiger charge is 2.15. The van der Waals surface area contributed by atoms with Crippen molar-refractivity contribution in [1.82, 2.24) is 4.98 Å². The number of benzene rings is 2. The van der Waals surface area contributed by atoms with Gasteiger partial charge in [-0.05, 0) is 55.9 Å². The van der Waals surface area contributed by atoms with Gasteiger partial charge in [0, 0.05) is 22.7 Å². The number of thiazole rings is 1. The van der Waals surface area contributed by atoms with Gasteiger partial charge in [0.2, 0.25) is 0 Å². The zero-order chi connectivity index (χ0) is 20.8. The summed E-state index contributed by atoms with van der Waals surface area (Å²) in [6.07, 6.45) is 2.37. The van der Waals surface area contributed by atoms with Crippen LogP contribution < -0.4 is 4.90 Å². The molecule has 0 saturated carbocycles. The minimum Gasteiger partial charge on any atom is -0.392 e. The van der Waals surface area contributed by atoms with E-state index < -0.39 is 0 Å². The molecule has 0 aliphatic heterocycles. The van der Waals surface area contributed by atoms with Crippen LogP contribution >= 0.6 is 11.3 Å². The average molecular weight is 409 g/mol. The minimum absolute atomic E-state index is 0.0714. The van der Waals surface area contributed by atoms with E-state index >= 15 is 0 Å². The molecule has 0 amide bonds. The monoisotopic (exact) mass is 408 g/mol. The van der Waals surface area contributed by atoms with E-state index in [1.54, 1.807) is 11.3 Å². The average Bonchev–Trinajstić information content (AvgIpc) is 3.22. The molecule has 0 bridgehead atoms. The Kier molecular flexibility index (Phi) is 7.45. The van der Waals surface area contributed by atoms with Crippen LogP contribution in [0, 0.1) is 0 Å². The molecule has 0 unspecified atom stereocenters. The number of nitrogens with zero attached hydrogens (tertiary/aromatic N) is 2. The SMILES string of the molecule is CCC(CC)c1ccc(N(Cc2nc(-c3ccc(CO)cc3)cs2)C(C)C)cc1. The van der Waals surface area contributed by atoms with E-state index in [9.17, 15) is 5.11 Å². The largest absolute Gasteiger partial charge is 0.392 e. The van der Waals surface area contributed by atoms with Crippen LogP contribution in [0.1, 0.15) is 62.6 Å². The summed E-state index contributed by atoms with van der Waals surface area (Å²) in [5, 5.41) is 12.5. The fourth-order valence-corrected chi connectivity index (χ4v) is 4.51. The molecule has 0 spiro atoms. The van der Waals surface area contributed by atoms with E-state index in [2.05, 4.69) is 62.2 Å². The maximum absolute atomic E-state index is 9.22. The predicted octanol–water partition coefficient (Wildman–Crippen LogP) is 6.62. The van der Waals surface area contributed by atoms with Crippen molar-refractivity contribution in [2.24, 2.45) is 0 Å². The lowest BCUT2D eigenvalue weighted by molar-refractivity contribution is 0.282. The van der Waals surface area contributed by atoms with Gasteiger partial charge < -0.3 is 10.0 Å². The summed E-state index contributed by atoms with van der Waals surface area (Å²) in [6, 6.07) is 17.5. The molecule has 0 saturated heterocycles. The Morgan fingerprint density at radius 3 is 2.17 bits per heavy atom. The first-order valence-electron chi connectivity index (χ1n) is 10.6. The Labute approximate surface area is 179 Å². The zero-order valence-corrected chi connectivity index (χ0v) is 18.7. The normalized spacial score (nSPS) is 11.4. The van der Waals surface area contributed by atoms with Gasteiger partial charge in [-0.15, -0.1) is 11.3 Å². The van der Waals surface area contributed by atoms with Gasteiger partial charge in [-0.3, -0.25) is 0 Å². The molecule has 0 radical (unpaired) electrons. The lowest BCUT2D eigenvalue weighted by Crippen LogP contribution is -2.30. The summed E-state index contributed by atoms with van der Waals surface area (Å²) in [5.41, 5.74) is 5.70. The Bertz CT molecular complexity index is 880. The van der Waals surface area contributed by atoms with Crippen molar-refractivity contribution >= 4 is 17.0 Å². The Morgan fingerprint density at radius 1 is 0.966 bits per heavy atom. The minimum atomic E-state index is 0.0714. The molecule has 3 nitrogen and oxygen atoms in total. The molecule has 154 valence electrons. The Hall–Kier alpha value is -2.17. The van der Waals surface area contributed by atoms with Crippen molar-refractivity contribution in [2.45, 2.75) is 65.6 Å². The van der Waals surface area contributed by atoms with Crippen LogP contribution in [0.4, 0.5) is 5.69 Å². The Morgan fingerprint density at radius 2 is 1.62 bits per heavy atom. The maximum Gasteiger partial charge on any atom is 0.113 e. The zero-order valence-electron chi connectivity index (χ0n) is 17.9. The van der Waals surface area contributed by atoms with Crippen LogP contribution in [0.15, 0.2) is 53.9 Å². The number of aliphatic hydroxyl groups excluding tert-OH is 1. The van der Waals surface area contributed by atoms with Gasteiger partial charge in [0.15, 0.2) is 0 Å². The van der Waals surface area contributed by atoms with Crippen molar-refractivity contribution in [1.29, 1.82) is 0 Å². The second kappa shape index (κ2) is 10.0. The van der Waals surface area contributed by atoms with Crippen LogP contribution in [0.25, 0.3) is 11.3 Å². The molecule has 1 aromatic heterocycles. The van der Waals surface area contributed by atoms with E-state index in [0.29, 0.717) is 12.0 Å². The lowest BCUT2D eigenvalue weighted by Gasteiger charge is -2.28.